The number of hydrogen-bond donors (Lipinski definition) is 0. The molecule has 1 aliphatic heterocycles. The van der Waals surface area contributed by atoms with Crippen molar-refractivity contribution in [3.63, 3.8) is 0 Å². The van der Waals surface area contributed by atoms with Crippen LogP contribution in [0.25, 0.3) is 0 Å². The second-order valence-electron chi connectivity index (χ2n) is 4.02. The molecule has 1 nitrogen and oxygen atoms in total. The van der Waals surface area contributed by atoms with Crippen LogP contribution in [0.15, 0.2) is 36.0 Å². The lowest BCUT2D eigenvalue weighted by molar-refractivity contribution is 0.348. The van der Waals surface area contributed by atoms with Crippen LogP contribution in [0.2, 0.25) is 0 Å². The van der Waals surface area contributed by atoms with Crippen LogP contribution >= 0.6 is 0 Å². The number of likely N-dealkylation sites (tertiary alicyclic amines) is 1. The van der Waals surface area contributed by atoms with E-state index in [9.17, 15) is 0 Å². The first kappa shape index (κ1) is 11.3. The Morgan fingerprint density at radius 1 is 1.50 bits per heavy atom. The van der Waals surface area contributed by atoms with Crippen molar-refractivity contribution in [2.24, 2.45) is 0 Å². The van der Waals surface area contributed by atoms with Crippen LogP contribution in [0.4, 0.5) is 0 Å². The molecule has 0 aliphatic carbocycles. The Morgan fingerprint density at radius 2 is 2.21 bits per heavy atom. The molecule has 1 unspecified atom stereocenters. The van der Waals surface area contributed by atoms with Gasteiger partial charge in [-0.25, -0.2) is 0 Å². The predicted molar refractivity (Wildman–Crippen MR) is 63.4 cm³/mol. The van der Waals surface area contributed by atoms with Gasteiger partial charge in [-0.05, 0) is 45.9 Å². The number of rotatable bonds is 3. The van der Waals surface area contributed by atoms with Gasteiger partial charge in [0.2, 0.25) is 0 Å². The molecule has 1 rings (SSSR count). The number of nitrogens with zero attached hydrogens (tertiary/aromatic N) is 1. The van der Waals surface area contributed by atoms with Gasteiger partial charge in [0.05, 0.1) is 0 Å². The molecule has 1 atom stereocenters. The van der Waals surface area contributed by atoms with Crippen molar-refractivity contribution >= 4 is 0 Å². The number of likely N-dealkylation sites (N-methyl/N-ethyl adjacent to an activating group) is 1. The Labute approximate surface area is 87.8 Å². The lowest BCUT2D eigenvalue weighted by Crippen LogP contribution is -2.26. The summed E-state index contributed by atoms with van der Waals surface area (Å²) in [6.45, 7) is 9.23. The molecule has 14 heavy (non-hydrogen) atoms. The summed E-state index contributed by atoms with van der Waals surface area (Å²) in [7, 11) is 2.21. The summed E-state index contributed by atoms with van der Waals surface area (Å²) in [6.07, 6.45) is 8.99. The number of hydrogen-bond acceptors (Lipinski definition) is 1. The van der Waals surface area contributed by atoms with Crippen LogP contribution in [-0.2, 0) is 0 Å². The number of allylic oxidation sites excluding steroid dienone is 3. The molecular weight excluding hydrogens is 170 g/mol. The van der Waals surface area contributed by atoms with E-state index in [4.69, 9.17) is 0 Å². The summed E-state index contributed by atoms with van der Waals surface area (Å²) >= 11 is 0. The summed E-state index contributed by atoms with van der Waals surface area (Å²) in [5.41, 5.74) is 2.68. The maximum Gasteiger partial charge on any atom is 0.0342 e. The zero-order valence-electron chi connectivity index (χ0n) is 9.59. The Bertz CT molecular complexity index is 260. The van der Waals surface area contributed by atoms with Gasteiger partial charge < -0.3 is 0 Å². The summed E-state index contributed by atoms with van der Waals surface area (Å²) < 4.78 is 0. The van der Waals surface area contributed by atoms with Crippen molar-refractivity contribution in [2.75, 3.05) is 13.6 Å². The van der Waals surface area contributed by atoms with Crippen LogP contribution in [-0.4, -0.2) is 24.5 Å². The third kappa shape index (κ3) is 2.58. The van der Waals surface area contributed by atoms with Gasteiger partial charge in [0, 0.05) is 6.04 Å². The highest BCUT2D eigenvalue weighted by molar-refractivity contribution is 5.31. The van der Waals surface area contributed by atoms with Crippen molar-refractivity contribution in [2.45, 2.75) is 32.7 Å². The van der Waals surface area contributed by atoms with Crippen molar-refractivity contribution < 1.29 is 0 Å². The lowest BCUT2D eigenvalue weighted by Gasteiger charge is -2.20. The zero-order chi connectivity index (χ0) is 10.6. The highest BCUT2D eigenvalue weighted by Gasteiger charge is 2.22. The molecule has 0 radical (unpaired) electrons. The van der Waals surface area contributed by atoms with E-state index in [2.05, 4.69) is 44.5 Å². The van der Waals surface area contributed by atoms with Crippen LogP contribution < -0.4 is 0 Å². The van der Waals surface area contributed by atoms with E-state index in [0.717, 1.165) is 0 Å². The normalized spacial score (nSPS) is 25.5. The molecular formula is C13H21N. The van der Waals surface area contributed by atoms with E-state index in [1.54, 1.807) is 0 Å². The Morgan fingerprint density at radius 3 is 2.64 bits per heavy atom. The fraction of sp³-hybridized carbons (Fsp3) is 0.538. The average Bonchev–Trinajstić information content (AvgIpc) is 2.60. The Balaban J connectivity index is 2.77. The smallest absolute Gasteiger partial charge is 0.0342 e. The first-order chi connectivity index (χ1) is 6.69. The maximum atomic E-state index is 3.78. The van der Waals surface area contributed by atoms with Crippen LogP contribution in [0.3, 0.4) is 0 Å². The first-order valence-electron chi connectivity index (χ1n) is 5.36. The molecule has 0 aromatic heterocycles. The van der Waals surface area contributed by atoms with E-state index >= 15 is 0 Å². The van der Waals surface area contributed by atoms with E-state index in [1.165, 1.54) is 30.5 Å². The largest absolute Gasteiger partial charge is 0.299 e. The summed E-state index contributed by atoms with van der Waals surface area (Å²) in [5, 5.41) is 0. The van der Waals surface area contributed by atoms with Crippen LogP contribution in [0.5, 0.6) is 0 Å². The standard InChI is InChI=1S/C13H21N/c1-5-11(3)10-12(6-2)13-8-7-9-14(13)4/h5-6,10,13H,1,7-9H2,2-4H3/b11-10-,12-6+. The van der Waals surface area contributed by atoms with Crippen LogP contribution in [0.1, 0.15) is 26.7 Å². The van der Waals surface area contributed by atoms with Gasteiger partial charge in [0.1, 0.15) is 0 Å². The highest BCUT2D eigenvalue weighted by Crippen LogP contribution is 2.23. The van der Waals surface area contributed by atoms with E-state index in [1.807, 2.05) is 6.08 Å². The quantitative estimate of drug-likeness (QED) is 0.619. The molecule has 1 aliphatic rings. The van der Waals surface area contributed by atoms with E-state index < -0.39 is 0 Å². The zero-order valence-corrected chi connectivity index (χ0v) is 9.59. The monoisotopic (exact) mass is 191 g/mol. The fourth-order valence-electron chi connectivity index (χ4n) is 2.03. The van der Waals surface area contributed by atoms with E-state index in [0.29, 0.717) is 6.04 Å². The molecule has 78 valence electrons. The minimum Gasteiger partial charge on any atom is -0.299 e. The molecule has 1 heterocycles. The molecule has 0 amide bonds. The van der Waals surface area contributed by atoms with Crippen molar-refractivity contribution in [3.8, 4) is 0 Å². The van der Waals surface area contributed by atoms with Crippen LogP contribution in [0, 0.1) is 0 Å². The second kappa shape index (κ2) is 5.16. The molecule has 1 fully saturated rings. The molecule has 0 aromatic carbocycles. The SMILES string of the molecule is C=C/C(C)=C\C(=C/C)C1CCCN1C. The molecule has 0 N–H and O–H groups in total. The topological polar surface area (TPSA) is 3.24 Å². The maximum absolute atomic E-state index is 3.78. The summed E-state index contributed by atoms with van der Waals surface area (Å²) in [6, 6.07) is 0.620. The summed E-state index contributed by atoms with van der Waals surface area (Å²) in [5.74, 6) is 0. The Kier molecular flexibility index (Phi) is 4.15. The molecule has 0 spiro atoms. The van der Waals surface area contributed by atoms with Gasteiger partial charge >= 0.3 is 0 Å². The molecule has 0 aromatic rings. The van der Waals surface area contributed by atoms with Crippen molar-refractivity contribution in [1.29, 1.82) is 0 Å². The third-order valence-corrected chi connectivity index (χ3v) is 2.95. The van der Waals surface area contributed by atoms with Crippen molar-refractivity contribution in [3.05, 3.63) is 36.0 Å². The molecule has 1 saturated heterocycles. The first-order valence-corrected chi connectivity index (χ1v) is 5.36. The van der Waals surface area contributed by atoms with Gasteiger partial charge in [-0.1, -0.05) is 30.4 Å². The minimum atomic E-state index is 0.620. The van der Waals surface area contributed by atoms with E-state index in [-0.39, 0.29) is 0 Å². The van der Waals surface area contributed by atoms with Crippen molar-refractivity contribution in [1.82, 2.24) is 4.90 Å². The predicted octanol–water partition coefficient (Wildman–Crippen LogP) is 3.16. The third-order valence-electron chi connectivity index (χ3n) is 2.95. The molecule has 1 heteroatoms. The van der Waals surface area contributed by atoms with Gasteiger partial charge in [-0.15, -0.1) is 0 Å². The second-order valence-corrected chi connectivity index (χ2v) is 4.02. The average molecular weight is 191 g/mol. The summed E-state index contributed by atoms with van der Waals surface area (Å²) in [4.78, 5) is 2.43. The fourth-order valence-corrected chi connectivity index (χ4v) is 2.03. The van der Waals surface area contributed by atoms with Gasteiger partial charge in [-0.3, -0.25) is 4.90 Å². The molecule has 0 saturated carbocycles. The Hall–Kier alpha value is -0.820. The van der Waals surface area contributed by atoms with Gasteiger partial charge in [0.15, 0.2) is 0 Å². The van der Waals surface area contributed by atoms with Gasteiger partial charge in [-0.2, -0.15) is 0 Å². The van der Waals surface area contributed by atoms with Gasteiger partial charge in [0.25, 0.3) is 0 Å². The molecule has 0 bridgehead atoms. The highest BCUT2D eigenvalue weighted by atomic mass is 15.1. The minimum absolute atomic E-state index is 0.620. The lowest BCUT2D eigenvalue weighted by atomic mass is 10.0.